The van der Waals surface area contributed by atoms with Gasteiger partial charge in [0, 0.05) is 7.11 Å². The van der Waals surface area contributed by atoms with E-state index in [2.05, 4.69) is 0 Å². The number of esters is 1. The summed E-state index contributed by atoms with van der Waals surface area (Å²) in [7, 11) is 1.39. The van der Waals surface area contributed by atoms with Crippen molar-refractivity contribution in [1.82, 2.24) is 0 Å². The lowest BCUT2D eigenvalue weighted by Gasteiger charge is -2.19. The summed E-state index contributed by atoms with van der Waals surface area (Å²) in [6, 6.07) is 9.16. The zero-order chi connectivity index (χ0) is 14.3. The van der Waals surface area contributed by atoms with Crippen molar-refractivity contribution < 1.29 is 18.6 Å². The molecule has 1 aromatic carbocycles. The largest absolute Gasteiger partial charge is 0.465 e. The third-order valence-corrected chi connectivity index (χ3v) is 9.87. The monoisotopic (exact) mass is 320 g/mol. The standard InChI is InChI=1S/C12H17O4PS2/c1-4-16-12(13)11(10-8-6-5-7-9-10)19-17(14,15-2)18-3/h5-9,11H,4H2,1-3H3. The van der Waals surface area contributed by atoms with Gasteiger partial charge in [0.25, 0.3) is 0 Å². The van der Waals surface area contributed by atoms with Crippen molar-refractivity contribution >= 4 is 34.5 Å². The first-order valence-corrected chi connectivity index (χ1v) is 10.6. The molecule has 0 heterocycles. The van der Waals surface area contributed by atoms with E-state index in [4.69, 9.17) is 9.26 Å². The summed E-state index contributed by atoms with van der Waals surface area (Å²) in [6.45, 7) is 2.04. The number of hydrogen-bond donors (Lipinski definition) is 0. The molecule has 0 saturated carbocycles. The van der Waals surface area contributed by atoms with E-state index in [9.17, 15) is 9.36 Å². The van der Waals surface area contributed by atoms with Crippen molar-refractivity contribution in [1.29, 1.82) is 0 Å². The number of rotatable bonds is 7. The minimum atomic E-state index is -2.95. The second-order valence-corrected chi connectivity index (χ2v) is 11.1. The summed E-state index contributed by atoms with van der Waals surface area (Å²) >= 11 is 2.13. The van der Waals surface area contributed by atoms with Gasteiger partial charge in [-0.15, -0.1) is 0 Å². The Labute approximate surface area is 121 Å². The highest BCUT2D eigenvalue weighted by Crippen LogP contribution is 2.72. The molecule has 7 heteroatoms. The third kappa shape index (κ3) is 4.88. The number of carbonyl (C=O) groups is 1. The Morgan fingerprint density at radius 3 is 2.47 bits per heavy atom. The predicted molar refractivity (Wildman–Crippen MR) is 81.5 cm³/mol. The molecular weight excluding hydrogens is 303 g/mol. The molecule has 1 rings (SSSR count). The molecule has 2 atom stereocenters. The molecule has 0 spiro atoms. The molecule has 0 fully saturated rings. The maximum atomic E-state index is 12.3. The van der Waals surface area contributed by atoms with E-state index in [1.807, 2.05) is 30.3 Å². The maximum Gasteiger partial charge on any atom is 0.324 e. The molecule has 0 aliphatic carbocycles. The Morgan fingerprint density at radius 1 is 1.37 bits per heavy atom. The van der Waals surface area contributed by atoms with Crippen molar-refractivity contribution in [2.24, 2.45) is 0 Å². The zero-order valence-electron chi connectivity index (χ0n) is 11.1. The van der Waals surface area contributed by atoms with Gasteiger partial charge in [0.05, 0.1) is 6.61 Å². The molecule has 1 aromatic rings. The van der Waals surface area contributed by atoms with Gasteiger partial charge >= 0.3 is 11.7 Å². The van der Waals surface area contributed by atoms with Gasteiger partial charge in [-0.3, -0.25) is 9.36 Å². The second-order valence-electron chi connectivity index (χ2n) is 3.46. The predicted octanol–water partition coefficient (Wildman–Crippen LogP) is 4.14. The van der Waals surface area contributed by atoms with Crippen LogP contribution in [-0.2, 0) is 18.6 Å². The van der Waals surface area contributed by atoms with Gasteiger partial charge in [-0.2, -0.15) is 0 Å². The van der Waals surface area contributed by atoms with Crippen LogP contribution in [0.4, 0.5) is 0 Å². The van der Waals surface area contributed by atoms with Gasteiger partial charge in [0.15, 0.2) is 0 Å². The van der Waals surface area contributed by atoms with Crippen LogP contribution in [-0.4, -0.2) is 25.9 Å². The van der Waals surface area contributed by atoms with Crippen LogP contribution in [0.3, 0.4) is 0 Å². The highest BCUT2D eigenvalue weighted by atomic mass is 33.1. The summed E-state index contributed by atoms with van der Waals surface area (Å²) in [5.74, 6) is -3.35. The molecule has 0 radical (unpaired) electrons. The number of carbonyl (C=O) groups excluding carboxylic acids is 1. The van der Waals surface area contributed by atoms with Gasteiger partial charge in [0.1, 0.15) is 5.25 Å². The average molecular weight is 320 g/mol. The molecule has 0 aromatic heterocycles. The first-order valence-electron chi connectivity index (χ1n) is 5.67. The molecule has 19 heavy (non-hydrogen) atoms. The normalized spacial score (nSPS) is 15.5. The summed E-state index contributed by atoms with van der Waals surface area (Å²) in [4.78, 5) is 12.0. The fraction of sp³-hybridized carbons (Fsp3) is 0.417. The molecule has 0 aliphatic rings. The zero-order valence-corrected chi connectivity index (χ0v) is 13.6. The smallest absolute Gasteiger partial charge is 0.324 e. The van der Waals surface area contributed by atoms with Gasteiger partial charge < -0.3 is 9.26 Å². The lowest BCUT2D eigenvalue weighted by atomic mass is 10.1. The lowest BCUT2D eigenvalue weighted by Crippen LogP contribution is -2.13. The Hall–Kier alpha value is -0.420. The van der Waals surface area contributed by atoms with Gasteiger partial charge in [-0.05, 0) is 30.1 Å². The van der Waals surface area contributed by atoms with Gasteiger partial charge in [0.2, 0.25) is 0 Å². The maximum absolute atomic E-state index is 12.3. The molecule has 2 unspecified atom stereocenters. The van der Waals surface area contributed by atoms with Crippen LogP contribution >= 0.6 is 28.5 Å². The second kappa shape index (κ2) is 8.00. The molecule has 106 valence electrons. The van der Waals surface area contributed by atoms with E-state index in [0.717, 1.165) is 28.3 Å². The Bertz CT molecular complexity index is 444. The number of benzene rings is 1. The quantitative estimate of drug-likeness (QED) is 0.556. The Balaban J connectivity index is 3.00. The van der Waals surface area contributed by atoms with Crippen molar-refractivity contribution in [3.63, 3.8) is 0 Å². The summed E-state index contributed by atoms with van der Waals surface area (Å²) in [5, 5.41) is -0.639. The summed E-state index contributed by atoms with van der Waals surface area (Å²) in [6.07, 6.45) is 1.70. The fourth-order valence-corrected chi connectivity index (χ4v) is 6.30. The molecule has 0 amide bonds. The van der Waals surface area contributed by atoms with Crippen LogP contribution in [0.1, 0.15) is 17.7 Å². The van der Waals surface area contributed by atoms with Crippen LogP contribution in [0.15, 0.2) is 30.3 Å². The third-order valence-electron chi connectivity index (χ3n) is 2.28. The highest BCUT2D eigenvalue weighted by Gasteiger charge is 2.33. The fourth-order valence-electron chi connectivity index (χ4n) is 1.38. The molecule has 0 N–H and O–H groups in total. The van der Waals surface area contributed by atoms with Crippen LogP contribution < -0.4 is 0 Å². The van der Waals surface area contributed by atoms with Crippen LogP contribution in [0.25, 0.3) is 0 Å². The minimum Gasteiger partial charge on any atom is -0.465 e. The topological polar surface area (TPSA) is 52.6 Å². The van der Waals surface area contributed by atoms with Crippen molar-refractivity contribution in [3.8, 4) is 0 Å². The van der Waals surface area contributed by atoms with Crippen LogP contribution in [0.5, 0.6) is 0 Å². The van der Waals surface area contributed by atoms with Crippen molar-refractivity contribution in [2.45, 2.75) is 12.2 Å². The van der Waals surface area contributed by atoms with E-state index in [1.54, 1.807) is 13.2 Å². The summed E-state index contributed by atoms with van der Waals surface area (Å²) < 4.78 is 22.4. The van der Waals surface area contributed by atoms with E-state index >= 15 is 0 Å². The van der Waals surface area contributed by atoms with Crippen LogP contribution in [0, 0.1) is 0 Å². The van der Waals surface area contributed by atoms with Crippen molar-refractivity contribution in [3.05, 3.63) is 35.9 Å². The molecule has 0 aliphatic heterocycles. The van der Waals surface area contributed by atoms with Gasteiger partial charge in [-0.1, -0.05) is 41.7 Å². The summed E-state index contributed by atoms with van der Waals surface area (Å²) in [5.41, 5.74) is 0.761. The van der Waals surface area contributed by atoms with Crippen LogP contribution in [0.2, 0.25) is 0 Å². The number of ether oxygens (including phenoxy) is 1. The first-order chi connectivity index (χ1) is 9.06. The average Bonchev–Trinajstić information content (AvgIpc) is 2.45. The molecular formula is C12H17O4PS2. The minimum absolute atomic E-state index is 0.291. The highest BCUT2D eigenvalue weighted by molar-refractivity contribution is 8.89. The van der Waals surface area contributed by atoms with E-state index in [1.165, 1.54) is 7.11 Å². The molecule has 0 bridgehead atoms. The first kappa shape index (κ1) is 16.6. The van der Waals surface area contributed by atoms with E-state index in [0.29, 0.717) is 6.61 Å². The van der Waals surface area contributed by atoms with E-state index < -0.39 is 17.0 Å². The van der Waals surface area contributed by atoms with Crippen molar-refractivity contribution in [2.75, 3.05) is 20.0 Å². The molecule has 0 saturated heterocycles. The lowest BCUT2D eigenvalue weighted by molar-refractivity contribution is -0.142. The molecule has 4 nitrogen and oxygen atoms in total. The number of hydrogen-bond acceptors (Lipinski definition) is 6. The Morgan fingerprint density at radius 2 is 2.00 bits per heavy atom. The van der Waals surface area contributed by atoms with E-state index in [-0.39, 0.29) is 0 Å². The SMILES string of the molecule is CCOC(=O)C(SP(=O)(OC)SC)c1ccccc1. The van der Waals surface area contributed by atoms with Gasteiger partial charge in [-0.25, -0.2) is 0 Å². The Kier molecular flexibility index (Phi) is 7.00.